The largest absolute Gasteiger partial charge is 0.346 e. The molecule has 1 heterocycles. The molecule has 1 aliphatic heterocycles. The summed E-state index contributed by atoms with van der Waals surface area (Å²) in [5.74, 6) is -0.398. The standard InChI is InChI=1S/C14H18ClN3O2/c15-11-5-3-10(4-6-11)12-2-1-7-18(12)14(20)9-17-13(19)8-16/h3-6,12H,1-2,7-9,16H2,(H,17,19). The van der Waals surface area contributed by atoms with Gasteiger partial charge in [-0.2, -0.15) is 0 Å². The summed E-state index contributed by atoms with van der Waals surface area (Å²) in [4.78, 5) is 25.1. The van der Waals surface area contributed by atoms with Crippen LogP contribution in [0.5, 0.6) is 0 Å². The second kappa shape index (κ2) is 6.72. The van der Waals surface area contributed by atoms with E-state index >= 15 is 0 Å². The van der Waals surface area contributed by atoms with Gasteiger partial charge < -0.3 is 16.0 Å². The van der Waals surface area contributed by atoms with Gasteiger partial charge >= 0.3 is 0 Å². The lowest BCUT2D eigenvalue weighted by atomic mass is 10.0. The van der Waals surface area contributed by atoms with Gasteiger partial charge in [-0.25, -0.2) is 0 Å². The highest BCUT2D eigenvalue weighted by molar-refractivity contribution is 6.30. The van der Waals surface area contributed by atoms with E-state index in [-0.39, 0.29) is 30.9 Å². The number of nitrogens with zero attached hydrogens (tertiary/aromatic N) is 1. The van der Waals surface area contributed by atoms with Crippen LogP contribution in [0.15, 0.2) is 24.3 Å². The van der Waals surface area contributed by atoms with Crippen molar-refractivity contribution < 1.29 is 9.59 Å². The number of hydrogen-bond acceptors (Lipinski definition) is 3. The second-order valence-electron chi connectivity index (χ2n) is 4.78. The van der Waals surface area contributed by atoms with Crippen molar-refractivity contribution in [2.45, 2.75) is 18.9 Å². The Morgan fingerprint density at radius 2 is 2.05 bits per heavy atom. The molecule has 0 saturated carbocycles. The zero-order valence-corrected chi connectivity index (χ0v) is 11.9. The Bertz CT molecular complexity index is 490. The maximum Gasteiger partial charge on any atom is 0.242 e. The monoisotopic (exact) mass is 295 g/mol. The van der Waals surface area contributed by atoms with Crippen molar-refractivity contribution in [3.63, 3.8) is 0 Å². The smallest absolute Gasteiger partial charge is 0.242 e. The highest BCUT2D eigenvalue weighted by Crippen LogP contribution is 2.32. The first-order valence-electron chi connectivity index (χ1n) is 6.63. The topological polar surface area (TPSA) is 75.4 Å². The molecule has 1 unspecified atom stereocenters. The first-order valence-corrected chi connectivity index (χ1v) is 7.01. The van der Waals surface area contributed by atoms with Crippen molar-refractivity contribution in [2.24, 2.45) is 5.73 Å². The number of carbonyl (C=O) groups excluding carboxylic acids is 2. The number of benzene rings is 1. The molecule has 0 bridgehead atoms. The summed E-state index contributed by atoms with van der Waals surface area (Å²) < 4.78 is 0. The maximum atomic E-state index is 12.2. The number of hydrogen-bond donors (Lipinski definition) is 2. The van der Waals surface area contributed by atoms with Gasteiger partial charge in [0.1, 0.15) is 0 Å². The molecule has 1 atom stereocenters. The summed E-state index contributed by atoms with van der Waals surface area (Å²) in [6, 6.07) is 7.60. The van der Waals surface area contributed by atoms with Crippen molar-refractivity contribution in [1.82, 2.24) is 10.2 Å². The minimum atomic E-state index is -0.319. The number of nitrogens with two attached hydrogens (primary N) is 1. The second-order valence-corrected chi connectivity index (χ2v) is 5.21. The molecule has 1 aromatic rings. The van der Waals surface area contributed by atoms with E-state index in [0.717, 1.165) is 18.4 Å². The van der Waals surface area contributed by atoms with Gasteiger partial charge in [-0.3, -0.25) is 9.59 Å². The molecule has 3 N–H and O–H groups in total. The van der Waals surface area contributed by atoms with Gasteiger partial charge in [0.2, 0.25) is 11.8 Å². The molecule has 108 valence electrons. The van der Waals surface area contributed by atoms with Crippen LogP contribution in [-0.2, 0) is 9.59 Å². The first kappa shape index (κ1) is 14.8. The van der Waals surface area contributed by atoms with Crippen LogP contribution in [0.25, 0.3) is 0 Å². The third-order valence-corrected chi connectivity index (χ3v) is 3.70. The van der Waals surface area contributed by atoms with Gasteiger partial charge in [-0.05, 0) is 30.5 Å². The molecule has 0 aliphatic carbocycles. The predicted molar refractivity (Wildman–Crippen MR) is 77.2 cm³/mol. The molecule has 1 aromatic carbocycles. The van der Waals surface area contributed by atoms with E-state index in [9.17, 15) is 9.59 Å². The zero-order chi connectivity index (χ0) is 14.5. The molecule has 5 nitrogen and oxygen atoms in total. The molecule has 6 heteroatoms. The number of nitrogens with one attached hydrogen (secondary N) is 1. The molecule has 0 radical (unpaired) electrons. The number of rotatable bonds is 4. The lowest BCUT2D eigenvalue weighted by molar-refractivity contribution is -0.133. The minimum absolute atomic E-state index is 0.000122. The van der Waals surface area contributed by atoms with Crippen LogP contribution in [-0.4, -0.2) is 36.3 Å². The average molecular weight is 296 g/mol. The van der Waals surface area contributed by atoms with E-state index < -0.39 is 0 Å². The van der Waals surface area contributed by atoms with Crippen LogP contribution >= 0.6 is 11.6 Å². The van der Waals surface area contributed by atoms with Gasteiger partial charge in [0.25, 0.3) is 0 Å². The van der Waals surface area contributed by atoms with Gasteiger partial charge in [-0.1, -0.05) is 23.7 Å². The number of likely N-dealkylation sites (tertiary alicyclic amines) is 1. The molecule has 2 rings (SSSR count). The number of amides is 2. The van der Waals surface area contributed by atoms with Crippen LogP contribution < -0.4 is 11.1 Å². The molecular weight excluding hydrogens is 278 g/mol. The van der Waals surface area contributed by atoms with E-state index in [2.05, 4.69) is 5.32 Å². The molecule has 1 fully saturated rings. The minimum Gasteiger partial charge on any atom is -0.346 e. The van der Waals surface area contributed by atoms with Crippen molar-refractivity contribution in [2.75, 3.05) is 19.6 Å². The van der Waals surface area contributed by atoms with Gasteiger partial charge in [-0.15, -0.1) is 0 Å². The van der Waals surface area contributed by atoms with Crippen LogP contribution in [0, 0.1) is 0 Å². The van der Waals surface area contributed by atoms with Crippen LogP contribution in [0.1, 0.15) is 24.4 Å². The summed E-state index contributed by atoms with van der Waals surface area (Å²) in [7, 11) is 0. The molecular formula is C14H18ClN3O2. The summed E-state index contributed by atoms with van der Waals surface area (Å²) in [5, 5.41) is 3.19. The van der Waals surface area contributed by atoms with Gasteiger partial charge in [0.05, 0.1) is 19.1 Å². The lowest BCUT2D eigenvalue weighted by Crippen LogP contribution is -2.41. The Labute approximate surface area is 123 Å². The molecule has 2 amide bonds. The highest BCUT2D eigenvalue weighted by Gasteiger charge is 2.29. The lowest BCUT2D eigenvalue weighted by Gasteiger charge is -2.25. The van der Waals surface area contributed by atoms with E-state index in [4.69, 9.17) is 17.3 Å². The van der Waals surface area contributed by atoms with E-state index in [1.165, 1.54) is 0 Å². The maximum absolute atomic E-state index is 12.2. The van der Waals surface area contributed by atoms with Gasteiger partial charge in [0.15, 0.2) is 0 Å². The highest BCUT2D eigenvalue weighted by atomic mass is 35.5. The van der Waals surface area contributed by atoms with E-state index in [1.807, 2.05) is 24.3 Å². The predicted octanol–water partition coefficient (Wildman–Crippen LogP) is 1.08. The van der Waals surface area contributed by atoms with Crippen molar-refractivity contribution >= 4 is 23.4 Å². The number of halogens is 1. The third kappa shape index (κ3) is 3.49. The number of carbonyl (C=O) groups is 2. The summed E-state index contributed by atoms with van der Waals surface area (Å²) in [6.45, 7) is 0.610. The third-order valence-electron chi connectivity index (χ3n) is 3.45. The zero-order valence-electron chi connectivity index (χ0n) is 11.1. The van der Waals surface area contributed by atoms with E-state index in [1.54, 1.807) is 4.90 Å². The van der Waals surface area contributed by atoms with Crippen molar-refractivity contribution in [3.05, 3.63) is 34.9 Å². The fourth-order valence-corrected chi connectivity index (χ4v) is 2.57. The molecule has 1 saturated heterocycles. The average Bonchev–Trinajstić information content (AvgIpc) is 2.94. The van der Waals surface area contributed by atoms with Crippen LogP contribution in [0.4, 0.5) is 0 Å². The molecule has 20 heavy (non-hydrogen) atoms. The molecule has 0 spiro atoms. The van der Waals surface area contributed by atoms with Crippen LogP contribution in [0.2, 0.25) is 5.02 Å². The Morgan fingerprint density at radius 1 is 1.35 bits per heavy atom. The van der Waals surface area contributed by atoms with E-state index in [0.29, 0.717) is 11.6 Å². The molecule has 0 aromatic heterocycles. The van der Waals surface area contributed by atoms with Gasteiger partial charge in [0, 0.05) is 11.6 Å². The van der Waals surface area contributed by atoms with Crippen molar-refractivity contribution in [3.8, 4) is 0 Å². The Hall–Kier alpha value is -1.59. The first-order chi connectivity index (χ1) is 9.61. The Balaban J connectivity index is 2.01. The summed E-state index contributed by atoms with van der Waals surface area (Å²) in [5.41, 5.74) is 6.27. The molecule has 1 aliphatic rings. The van der Waals surface area contributed by atoms with Crippen LogP contribution in [0.3, 0.4) is 0 Å². The summed E-state index contributed by atoms with van der Waals surface area (Å²) >= 11 is 5.88. The summed E-state index contributed by atoms with van der Waals surface area (Å²) in [6.07, 6.45) is 1.89. The fourth-order valence-electron chi connectivity index (χ4n) is 2.44. The normalized spacial score (nSPS) is 18.1. The fraction of sp³-hybridized carbons (Fsp3) is 0.429. The quantitative estimate of drug-likeness (QED) is 0.873. The SMILES string of the molecule is NCC(=O)NCC(=O)N1CCCC1c1ccc(Cl)cc1. The Morgan fingerprint density at radius 3 is 2.70 bits per heavy atom. The Kier molecular flexibility index (Phi) is 4.98. The van der Waals surface area contributed by atoms with Crippen molar-refractivity contribution in [1.29, 1.82) is 0 Å².